The number of allylic oxidation sites excluding steroid dienone is 2. The molecule has 160 valence electrons. The van der Waals surface area contributed by atoms with Gasteiger partial charge in [0.1, 0.15) is 24.4 Å². The first-order valence-corrected chi connectivity index (χ1v) is 8.73. The van der Waals surface area contributed by atoms with Crippen LogP contribution < -0.4 is 4.74 Å². The summed E-state index contributed by atoms with van der Waals surface area (Å²) in [5.74, 6) is -1.14. The number of ketones is 1. The van der Waals surface area contributed by atoms with Gasteiger partial charge in [-0.2, -0.15) is 0 Å². The Balaban J connectivity index is 2.02. The molecule has 1 aromatic carbocycles. The Bertz CT molecular complexity index is 778. The quantitative estimate of drug-likeness (QED) is 0.206. The number of nitrogens with zero attached hydrogens (tertiary/aromatic N) is 1. The minimum Gasteiger partial charge on any atom is -0.504 e. The maximum absolute atomic E-state index is 12.1. The van der Waals surface area contributed by atoms with E-state index in [-0.39, 0.29) is 18.6 Å². The van der Waals surface area contributed by atoms with Gasteiger partial charge in [-0.25, -0.2) is 0 Å². The first kappa shape index (κ1) is 22.7. The summed E-state index contributed by atoms with van der Waals surface area (Å²) in [6, 6.07) is 2.49. The van der Waals surface area contributed by atoms with Crippen LogP contribution in [0.5, 0.6) is 11.5 Å². The number of carbonyl (C=O) groups is 1. The highest BCUT2D eigenvalue weighted by molar-refractivity contribution is 5.90. The molecule has 0 aromatic heterocycles. The second-order valence-electron chi connectivity index (χ2n) is 6.57. The van der Waals surface area contributed by atoms with Crippen LogP contribution in [0.1, 0.15) is 12.0 Å². The lowest BCUT2D eigenvalue weighted by molar-refractivity contribution is -0.385. The monoisotopic (exact) mass is 413 g/mol. The van der Waals surface area contributed by atoms with Gasteiger partial charge in [0.15, 0.2) is 11.5 Å². The molecule has 0 amide bonds. The average molecular weight is 413 g/mol. The lowest BCUT2D eigenvalue weighted by Crippen LogP contribution is -2.58. The zero-order valence-electron chi connectivity index (χ0n) is 15.5. The Morgan fingerprint density at radius 3 is 2.48 bits per heavy atom. The average Bonchev–Trinajstić information content (AvgIpc) is 2.67. The molecule has 1 heterocycles. The molecule has 0 saturated carbocycles. The Labute approximate surface area is 165 Å². The third-order valence-corrected chi connectivity index (χ3v) is 4.56. The Morgan fingerprint density at radius 2 is 1.90 bits per heavy atom. The van der Waals surface area contributed by atoms with Crippen LogP contribution >= 0.6 is 0 Å². The molecule has 5 N–H and O–H groups in total. The number of phenolic OH excluding ortho intramolecular Hbond substituents is 1. The van der Waals surface area contributed by atoms with Crippen molar-refractivity contribution in [1.29, 1.82) is 0 Å². The standard InChI is InChI=1S/C18H23NO10/c1-28-18-11(19(26)27)5-9(6-12(18)22)3-2-4-10(21)7-13-15(23)17(25)16(24)14(8-20)29-13/h2,4-6,13-17,20,22-25H,3,7-8H2,1H3/b4-2+/t13-,14+,15-,16-,17+/m0/s1. The van der Waals surface area contributed by atoms with Gasteiger partial charge in [-0.3, -0.25) is 14.9 Å². The molecule has 29 heavy (non-hydrogen) atoms. The van der Waals surface area contributed by atoms with Gasteiger partial charge in [-0.05, 0) is 24.1 Å². The van der Waals surface area contributed by atoms with Crippen molar-refractivity contribution in [2.24, 2.45) is 0 Å². The molecule has 11 nitrogen and oxygen atoms in total. The Hall–Kier alpha value is -2.57. The molecule has 1 fully saturated rings. The highest BCUT2D eigenvalue weighted by Gasteiger charge is 2.43. The van der Waals surface area contributed by atoms with Crippen LogP contribution in [0.4, 0.5) is 5.69 Å². The second-order valence-corrected chi connectivity index (χ2v) is 6.57. The van der Waals surface area contributed by atoms with Crippen LogP contribution in [0, 0.1) is 10.1 Å². The van der Waals surface area contributed by atoms with Crippen LogP contribution in [-0.2, 0) is 16.0 Å². The minimum absolute atomic E-state index is 0.0960. The van der Waals surface area contributed by atoms with Crippen molar-refractivity contribution < 1.29 is 44.7 Å². The molecule has 1 saturated heterocycles. The number of phenols is 1. The smallest absolute Gasteiger partial charge is 0.315 e. The van der Waals surface area contributed by atoms with E-state index in [4.69, 9.17) is 14.6 Å². The van der Waals surface area contributed by atoms with Gasteiger partial charge in [0.25, 0.3) is 0 Å². The van der Waals surface area contributed by atoms with Crippen molar-refractivity contribution in [3.63, 3.8) is 0 Å². The summed E-state index contributed by atoms with van der Waals surface area (Å²) in [6.45, 7) is -0.592. The van der Waals surface area contributed by atoms with Crippen molar-refractivity contribution in [3.8, 4) is 11.5 Å². The number of aliphatic hydroxyl groups excluding tert-OH is 4. The van der Waals surface area contributed by atoms with Gasteiger partial charge >= 0.3 is 5.69 Å². The number of aromatic hydroxyl groups is 1. The van der Waals surface area contributed by atoms with E-state index in [1.54, 1.807) is 0 Å². The number of rotatable bonds is 8. The van der Waals surface area contributed by atoms with E-state index in [0.29, 0.717) is 5.56 Å². The highest BCUT2D eigenvalue weighted by atomic mass is 16.6. The van der Waals surface area contributed by atoms with Gasteiger partial charge in [-0.1, -0.05) is 6.08 Å². The number of ether oxygens (including phenoxy) is 2. The highest BCUT2D eigenvalue weighted by Crippen LogP contribution is 2.37. The molecule has 0 unspecified atom stereocenters. The van der Waals surface area contributed by atoms with Gasteiger partial charge in [0.2, 0.25) is 5.75 Å². The number of nitro benzene ring substituents is 1. The normalized spacial score (nSPS) is 27.1. The number of nitro groups is 1. The Kier molecular flexibility index (Phi) is 7.65. The molecular formula is C18H23NO10. The van der Waals surface area contributed by atoms with Crippen LogP contribution in [0.2, 0.25) is 0 Å². The lowest BCUT2D eigenvalue weighted by atomic mass is 9.92. The molecule has 0 spiro atoms. The summed E-state index contributed by atoms with van der Waals surface area (Å²) in [6.07, 6.45) is -4.42. The zero-order valence-corrected chi connectivity index (χ0v) is 15.5. The number of carbonyl (C=O) groups excluding carboxylic acids is 1. The number of benzene rings is 1. The molecule has 1 aromatic rings. The summed E-state index contributed by atoms with van der Waals surface area (Å²) in [7, 11) is 1.19. The predicted octanol–water partition coefficient (Wildman–Crippen LogP) is -0.791. The first-order chi connectivity index (χ1) is 13.7. The second kappa shape index (κ2) is 9.76. The van der Waals surface area contributed by atoms with E-state index >= 15 is 0 Å². The largest absolute Gasteiger partial charge is 0.504 e. The molecule has 0 radical (unpaired) electrons. The van der Waals surface area contributed by atoms with Crippen molar-refractivity contribution in [3.05, 3.63) is 40.0 Å². The SMILES string of the molecule is COc1c(O)cc(C/C=C/C(=O)C[C@@H]2O[C@H](CO)[C@H](O)[C@H](O)[C@H]2O)cc1[N+](=O)[O-]. The third-order valence-electron chi connectivity index (χ3n) is 4.56. The Morgan fingerprint density at radius 1 is 1.24 bits per heavy atom. The van der Waals surface area contributed by atoms with Crippen molar-refractivity contribution in [1.82, 2.24) is 0 Å². The summed E-state index contributed by atoms with van der Waals surface area (Å²) in [5.41, 5.74) is -0.0459. The maximum Gasteiger partial charge on any atom is 0.315 e. The maximum atomic E-state index is 12.1. The fraction of sp³-hybridized carbons (Fsp3) is 0.500. The van der Waals surface area contributed by atoms with E-state index in [1.807, 2.05) is 0 Å². The molecule has 0 bridgehead atoms. The lowest BCUT2D eigenvalue weighted by Gasteiger charge is -2.39. The number of aliphatic hydroxyl groups is 4. The van der Waals surface area contributed by atoms with Crippen LogP contribution in [0.25, 0.3) is 0 Å². The van der Waals surface area contributed by atoms with Gasteiger partial charge in [0, 0.05) is 12.5 Å². The van der Waals surface area contributed by atoms with E-state index in [1.165, 1.54) is 31.4 Å². The van der Waals surface area contributed by atoms with E-state index in [0.717, 1.165) is 0 Å². The van der Waals surface area contributed by atoms with E-state index in [9.17, 15) is 35.3 Å². The first-order valence-electron chi connectivity index (χ1n) is 8.73. The zero-order chi connectivity index (χ0) is 21.7. The van der Waals surface area contributed by atoms with E-state index < -0.39 is 59.3 Å². The third kappa shape index (κ3) is 5.28. The van der Waals surface area contributed by atoms with Crippen LogP contribution in [-0.4, -0.2) is 80.5 Å². The number of hydrogen-bond acceptors (Lipinski definition) is 10. The predicted molar refractivity (Wildman–Crippen MR) is 97.5 cm³/mol. The molecule has 0 aliphatic carbocycles. The fourth-order valence-electron chi connectivity index (χ4n) is 3.06. The number of hydrogen-bond donors (Lipinski definition) is 5. The summed E-state index contributed by atoms with van der Waals surface area (Å²) in [4.78, 5) is 22.5. The van der Waals surface area contributed by atoms with E-state index in [2.05, 4.69) is 0 Å². The van der Waals surface area contributed by atoms with Gasteiger partial charge < -0.3 is 35.0 Å². The fourth-order valence-corrected chi connectivity index (χ4v) is 3.06. The molecule has 2 rings (SSSR count). The van der Waals surface area contributed by atoms with Crippen molar-refractivity contribution in [2.45, 2.75) is 43.4 Å². The molecule has 1 aliphatic heterocycles. The number of methoxy groups -OCH3 is 1. The van der Waals surface area contributed by atoms with Crippen molar-refractivity contribution >= 4 is 11.5 Å². The topological polar surface area (TPSA) is 180 Å². The summed E-state index contributed by atoms with van der Waals surface area (Å²) >= 11 is 0. The van der Waals surface area contributed by atoms with Gasteiger partial charge in [-0.15, -0.1) is 0 Å². The molecular weight excluding hydrogens is 390 g/mol. The van der Waals surface area contributed by atoms with Crippen LogP contribution in [0.3, 0.4) is 0 Å². The summed E-state index contributed by atoms with van der Waals surface area (Å²) < 4.78 is 10.1. The minimum atomic E-state index is -1.56. The summed E-state index contributed by atoms with van der Waals surface area (Å²) in [5, 5.41) is 59.5. The van der Waals surface area contributed by atoms with Gasteiger partial charge in [0.05, 0.1) is 24.7 Å². The molecule has 11 heteroatoms. The van der Waals surface area contributed by atoms with Crippen LogP contribution in [0.15, 0.2) is 24.3 Å². The molecule has 1 aliphatic rings. The van der Waals surface area contributed by atoms with Crippen molar-refractivity contribution in [2.75, 3.05) is 13.7 Å². The molecule has 5 atom stereocenters.